The molecule has 0 aliphatic carbocycles. The van der Waals surface area contributed by atoms with Crippen LogP contribution in [-0.4, -0.2) is 7.11 Å². The summed E-state index contributed by atoms with van der Waals surface area (Å²) in [5.41, 5.74) is 4.08. The third kappa shape index (κ3) is 1.47. The zero-order chi connectivity index (χ0) is 11.7. The second-order valence-electron chi connectivity index (χ2n) is 4.16. The van der Waals surface area contributed by atoms with Gasteiger partial charge in [-0.3, -0.25) is 0 Å². The Kier molecular flexibility index (Phi) is 2.86. The SMILES string of the molecule is CCc1c(C)c(OC)c2ccccc2c1C. The largest absolute Gasteiger partial charge is 0.496 e. The van der Waals surface area contributed by atoms with E-state index in [4.69, 9.17) is 4.74 Å². The molecule has 0 bridgehead atoms. The van der Waals surface area contributed by atoms with Crippen molar-refractivity contribution in [2.75, 3.05) is 7.11 Å². The van der Waals surface area contributed by atoms with Crippen LogP contribution in [0.1, 0.15) is 23.6 Å². The van der Waals surface area contributed by atoms with Gasteiger partial charge >= 0.3 is 0 Å². The Hall–Kier alpha value is -1.50. The van der Waals surface area contributed by atoms with Gasteiger partial charge in [0.05, 0.1) is 7.11 Å². The monoisotopic (exact) mass is 214 g/mol. The fourth-order valence-corrected chi connectivity index (χ4v) is 2.58. The summed E-state index contributed by atoms with van der Waals surface area (Å²) in [7, 11) is 1.75. The highest BCUT2D eigenvalue weighted by molar-refractivity contribution is 5.93. The van der Waals surface area contributed by atoms with E-state index in [1.54, 1.807) is 7.11 Å². The number of methoxy groups -OCH3 is 1. The summed E-state index contributed by atoms with van der Waals surface area (Å²) in [6, 6.07) is 8.46. The number of hydrogen-bond acceptors (Lipinski definition) is 1. The van der Waals surface area contributed by atoms with Crippen molar-refractivity contribution in [3.63, 3.8) is 0 Å². The van der Waals surface area contributed by atoms with E-state index in [1.165, 1.54) is 27.5 Å². The van der Waals surface area contributed by atoms with Crippen molar-refractivity contribution >= 4 is 10.8 Å². The maximum absolute atomic E-state index is 5.56. The molecule has 0 heterocycles. The van der Waals surface area contributed by atoms with Gasteiger partial charge in [0.2, 0.25) is 0 Å². The minimum Gasteiger partial charge on any atom is -0.496 e. The molecule has 0 unspecified atom stereocenters. The number of benzene rings is 2. The van der Waals surface area contributed by atoms with E-state index >= 15 is 0 Å². The molecular formula is C15H18O. The van der Waals surface area contributed by atoms with E-state index in [2.05, 4.69) is 45.0 Å². The van der Waals surface area contributed by atoms with Crippen LogP contribution in [0.25, 0.3) is 10.8 Å². The molecule has 1 heteroatoms. The third-order valence-corrected chi connectivity index (χ3v) is 3.38. The molecule has 16 heavy (non-hydrogen) atoms. The summed E-state index contributed by atoms with van der Waals surface area (Å²) in [6.45, 7) is 6.55. The van der Waals surface area contributed by atoms with Crippen LogP contribution in [-0.2, 0) is 6.42 Å². The Morgan fingerprint density at radius 2 is 1.62 bits per heavy atom. The zero-order valence-electron chi connectivity index (χ0n) is 10.4. The Bertz CT molecular complexity index is 526. The van der Waals surface area contributed by atoms with Crippen LogP contribution in [0, 0.1) is 13.8 Å². The number of fused-ring (bicyclic) bond motifs is 1. The lowest BCUT2D eigenvalue weighted by Crippen LogP contribution is -1.98. The van der Waals surface area contributed by atoms with Gasteiger partial charge < -0.3 is 4.74 Å². The molecule has 1 nitrogen and oxygen atoms in total. The van der Waals surface area contributed by atoms with Crippen LogP contribution in [0.15, 0.2) is 24.3 Å². The van der Waals surface area contributed by atoms with Gasteiger partial charge in [-0.25, -0.2) is 0 Å². The summed E-state index contributed by atoms with van der Waals surface area (Å²) in [5, 5.41) is 2.53. The van der Waals surface area contributed by atoms with Gasteiger partial charge in [0, 0.05) is 5.39 Å². The topological polar surface area (TPSA) is 9.23 Å². The molecule has 0 saturated heterocycles. The van der Waals surface area contributed by atoms with E-state index in [0.29, 0.717) is 0 Å². The molecule has 2 aromatic rings. The Morgan fingerprint density at radius 1 is 1.00 bits per heavy atom. The van der Waals surface area contributed by atoms with Gasteiger partial charge in [-0.05, 0) is 42.3 Å². The maximum Gasteiger partial charge on any atom is 0.129 e. The summed E-state index contributed by atoms with van der Waals surface area (Å²) in [4.78, 5) is 0. The van der Waals surface area contributed by atoms with Crippen LogP contribution in [0.5, 0.6) is 5.75 Å². The van der Waals surface area contributed by atoms with Crippen molar-refractivity contribution in [2.45, 2.75) is 27.2 Å². The fraction of sp³-hybridized carbons (Fsp3) is 0.333. The molecule has 2 aromatic carbocycles. The highest BCUT2D eigenvalue weighted by atomic mass is 16.5. The van der Waals surface area contributed by atoms with Gasteiger partial charge in [-0.15, -0.1) is 0 Å². The van der Waals surface area contributed by atoms with Crippen LogP contribution < -0.4 is 4.74 Å². The standard InChI is InChI=1S/C15H18O/c1-5-12-10(2)13-8-6-7-9-14(13)15(16-4)11(12)3/h6-9H,5H2,1-4H3. The van der Waals surface area contributed by atoms with E-state index in [1.807, 2.05) is 0 Å². The lowest BCUT2D eigenvalue weighted by Gasteiger charge is -2.16. The molecule has 0 N–H and O–H groups in total. The van der Waals surface area contributed by atoms with Gasteiger partial charge in [-0.2, -0.15) is 0 Å². The van der Waals surface area contributed by atoms with Gasteiger partial charge in [-0.1, -0.05) is 31.2 Å². The normalized spacial score (nSPS) is 10.8. The van der Waals surface area contributed by atoms with Crippen molar-refractivity contribution in [3.8, 4) is 5.75 Å². The van der Waals surface area contributed by atoms with Gasteiger partial charge in [0.1, 0.15) is 5.75 Å². The first-order valence-electron chi connectivity index (χ1n) is 5.75. The molecule has 0 saturated carbocycles. The zero-order valence-corrected chi connectivity index (χ0v) is 10.4. The fourth-order valence-electron chi connectivity index (χ4n) is 2.58. The molecule has 0 aromatic heterocycles. The minimum absolute atomic E-state index is 1.03. The van der Waals surface area contributed by atoms with Crippen LogP contribution >= 0.6 is 0 Å². The predicted molar refractivity (Wildman–Crippen MR) is 69.4 cm³/mol. The predicted octanol–water partition coefficient (Wildman–Crippen LogP) is 4.03. The van der Waals surface area contributed by atoms with Crippen LogP contribution in [0.4, 0.5) is 0 Å². The maximum atomic E-state index is 5.56. The molecule has 0 fully saturated rings. The third-order valence-electron chi connectivity index (χ3n) is 3.38. The molecular weight excluding hydrogens is 196 g/mol. The molecule has 0 aliphatic heterocycles. The van der Waals surface area contributed by atoms with Crippen molar-refractivity contribution in [1.82, 2.24) is 0 Å². The summed E-state index contributed by atoms with van der Waals surface area (Å²) < 4.78 is 5.56. The van der Waals surface area contributed by atoms with Crippen LogP contribution in [0.3, 0.4) is 0 Å². The average Bonchev–Trinajstić information content (AvgIpc) is 2.30. The molecule has 0 spiro atoms. The Labute approximate surface area is 97.1 Å². The van der Waals surface area contributed by atoms with E-state index < -0.39 is 0 Å². The van der Waals surface area contributed by atoms with Gasteiger partial charge in [0.25, 0.3) is 0 Å². The molecule has 0 radical (unpaired) electrons. The molecule has 84 valence electrons. The number of rotatable bonds is 2. The van der Waals surface area contributed by atoms with E-state index in [0.717, 1.165) is 12.2 Å². The van der Waals surface area contributed by atoms with Crippen LogP contribution in [0.2, 0.25) is 0 Å². The number of hydrogen-bond donors (Lipinski definition) is 0. The Balaban J connectivity index is 2.94. The first kappa shape index (κ1) is 11.0. The average molecular weight is 214 g/mol. The Morgan fingerprint density at radius 3 is 2.19 bits per heavy atom. The molecule has 0 atom stereocenters. The summed E-state index contributed by atoms with van der Waals surface area (Å²) in [5.74, 6) is 1.03. The second kappa shape index (κ2) is 4.17. The minimum atomic E-state index is 1.03. The lowest BCUT2D eigenvalue weighted by atomic mass is 9.93. The van der Waals surface area contributed by atoms with E-state index in [-0.39, 0.29) is 0 Å². The smallest absolute Gasteiger partial charge is 0.129 e. The molecule has 0 amide bonds. The summed E-state index contributed by atoms with van der Waals surface area (Å²) >= 11 is 0. The van der Waals surface area contributed by atoms with Crippen molar-refractivity contribution in [2.24, 2.45) is 0 Å². The highest BCUT2D eigenvalue weighted by Gasteiger charge is 2.12. The molecule has 2 rings (SSSR count). The summed E-state index contributed by atoms with van der Waals surface area (Å²) in [6.07, 6.45) is 1.05. The van der Waals surface area contributed by atoms with E-state index in [9.17, 15) is 0 Å². The van der Waals surface area contributed by atoms with Crippen molar-refractivity contribution < 1.29 is 4.74 Å². The second-order valence-corrected chi connectivity index (χ2v) is 4.16. The highest BCUT2D eigenvalue weighted by Crippen LogP contribution is 2.35. The molecule has 0 aliphatic rings. The first-order valence-corrected chi connectivity index (χ1v) is 5.75. The lowest BCUT2D eigenvalue weighted by molar-refractivity contribution is 0.416. The number of aryl methyl sites for hydroxylation is 1. The first-order chi connectivity index (χ1) is 7.70. The van der Waals surface area contributed by atoms with Crippen molar-refractivity contribution in [3.05, 3.63) is 41.0 Å². The van der Waals surface area contributed by atoms with Gasteiger partial charge in [0.15, 0.2) is 0 Å². The van der Waals surface area contributed by atoms with Crippen molar-refractivity contribution in [1.29, 1.82) is 0 Å². The quantitative estimate of drug-likeness (QED) is 0.733. The number of ether oxygens (including phenoxy) is 1.